The molecule has 1 heterocycles. The second-order valence-electron chi connectivity index (χ2n) is 3.90. The van der Waals surface area contributed by atoms with Crippen LogP contribution in [0, 0.1) is 11.1 Å². The van der Waals surface area contributed by atoms with Crippen LogP contribution in [-0.2, 0) is 16.0 Å². The number of hydrogen-bond acceptors (Lipinski definition) is 4. The first-order valence-electron chi connectivity index (χ1n) is 5.31. The number of benzene rings is 1. The Morgan fingerprint density at radius 3 is 2.50 bits per heavy atom. The number of hydrogen-bond donors (Lipinski definition) is 2. The van der Waals surface area contributed by atoms with Crippen molar-refractivity contribution in [3.05, 3.63) is 41.2 Å². The summed E-state index contributed by atoms with van der Waals surface area (Å²) in [5.74, 6) is -4.14. The molecular weight excluding hydrogens is 282 g/mol. The Morgan fingerprint density at radius 1 is 1.25 bits per heavy atom. The fourth-order valence-electron chi connectivity index (χ4n) is 1.87. The molecule has 0 aliphatic heterocycles. The molecule has 1 unspecified atom stereocenters. The van der Waals surface area contributed by atoms with E-state index in [9.17, 15) is 19.9 Å². The minimum absolute atomic E-state index is 0. The van der Waals surface area contributed by atoms with Gasteiger partial charge in [0.25, 0.3) is 0 Å². The third-order valence-corrected chi connectivity index (χ3v) is 2.80. The zero-order chi connectivity index (χ0) is 13.1. The van der Waals surface area contributed by atoms with Crippen LogP contribution in [0.15, 0.2) is 30.5 Å². The number of aromatic amines is 1. The molecule has 0 fully saturated rings. The van der Waals surface area contributed by atoms with Gasteiger partial charge in [-0.05, 0) is 18.1 Å². The van der Waals surface area contributed by atoms with Crippen LogP contribution in [0.1, 0.15) is 5.56 Å². The largest absolute Gasteiger partial charge is 1.00 e. The van der Waals surface area contributed by atoms with Crippen LogP contribution in [0.25, 0.3) is 10.9 Å². The SMILES string of the molecule is O=C([O-])C(Cc1c[nH]c2ccccc12)C(=O)N[O-].[Na+].[Na+]. The predicted molar refractivity (Wildman–Crippen MR) is 62.0 cm³/mol. The van der Waals surface area contributed by atoms with E-state index >= 15 is 0 Å². The van der Waals surface area contributed by atoms with Crippen LogP contribution in [0.4, 0.5) is 0 Å². The summed E-state index contributed by atoms with van der Waals surface area (Å²) in [5, 5.41) is 21.9. The van der Waals surface area contributed by atoms with Gasteiger partial charge >= 0.3 is 59.1 Å². The molecule has 8 heteroatoms. The normalized spacial score (nSPS) is 11.1. The molecule has 1 aromatic heterocycles. The number of para-hydroxylation sites is 1. The molecule has 20 heavy (non-hydrogen) atoms. The Bertz CT molecular complexity index is 600. The van der Waals surface area contributed by atoms with Crippen molar-refractivity contribution < 1.29 is 73.8 Å². The van der Waals surface area contributed by atoms with E-state index in [0.29, 0.717) is 5.56 Å². The average Bonchev–Trinajstić information content (AvgIpc) is 2.78. The number of aromatic nitrogens is 1. The fourth-order valence-corrected chi connectivity index (χ4v) is 1.87. The number of H-pyrrole nitrogens is 1. The minimum Gasteiger partial charge on any atom is -0.759 e. The Morgan fingerprint density at radius 2 is 1.90 bits per heavy atom. The zero-order valence-corrected chi connectivity index (χ0v) is 15.3. The maximum atomic E-state index is 11.2. The number of carbonyl (C=O) groups excluding carboxylic acids is 2. The molecular formula is C12H10N2Na2O4. The molecule has 1 atom stereocenters. The minimum atomic E-state index is -1.56. The van der Waals surface area contributed by atoms with E-state index < -0.39 is 17.8 Å². The Labute approximate surface area is 159 Å². The van der Waals surface area contributed by atoms with Gasteiger partial charge in [0, 0.05) is 17.1 Å². The number of carbonyl (C=O) groups is 2. The van der Waals surface area contributed by atoms with Crippen LogP contribution in [0.2, 0.25) is 0 Å². The third kappa shape index (κ3) is 4.33. The average molecular weight is 292 g/mol. The molecule has 94 valence electrons. The summed E-state index contributed by atoms with van der Waals surface area (Å²) in [4.78, 5) is 25.0. The van der Waals surface area contributed by atoms with Gasteiger partial charge in [-0.3, -0.25) is 4.79 Å². The van der Waals surface area contributed by atoms with Crippen molar-refractivity contribution in [1.82, 2.24) is 10.5 Å². The molecule has 0 bridgehead atoms. The monoisotopic (exact) mass is 292 g/mol. The molecule has 2 N–H and O–H groups in total. The van der Waals surface area contributed by atoms with E-state index in [0.717, 1.165) is 16.4 Å². The van der Waals surface area contributed by atoms with E-state index in [1.54, 1.807) is 12.3 Å². The van der Waals surface area contributed by atoms with Gasteiger partial charge in [0.2, 0.25) is 5.91 Å². The summed E-state index contributed by atoms with van der Waals surface area (Å²) < 4.78 is 0. The summed E-state index contributed by atoms with van der Waals surface area (Å²) in [5.41, 5.74) is 2.58. The molecule has 6 nitrogen and oxygen atoms in total. The van der Waals surface area contributed by atoms with E-state index in [1.807, 2.05) is 18.2 Å². The third-order valence-electron chi connectivity index (χ3n) is 2.80. The molecule has 0 aliphatic carbocycles. The Hall–Kier alpha value is -0.340. The maximum absolute atomic E-state index is 11.2. The van der Waals surface area contributed by atoms with Crippen molar-refractivity contribution in [1.29, 1.82) is 0 Å². The molecule has 0 radical (unpaired) electrons. The second kappa shape index (κ2) is 8.84. The first-order valence-corrected chi connectivity index (χ1v) is 5.31. The quantitative estimate of drug-likeness (QED) is 0.332. The molecule has 2 aromatic rings. The second-order valence-corrected chi connectivity index (χ2v) is 3.90. The van der Waals surface area contributed by atoms with E-state index in [1.165, 1.54) is 0 Å². The van der Waals surface area contributed by atoms with Gasteiger partial charge in [-0.2, -0.15) is 0 Å². The zero-order valence-electron chi connectivity index (χ0n) is 11.3. The van der Waals surface area contributed by atoms with Crippen LogP contribution >= 0.6 is 0 Å². The maximum Gasteiger partial charge on any atom is 1.00 e. The van der Waals surface area contributed by atoms with Gasteiger partial charge in [-0.25, -0.2) is 0 Å². The summed E-state index contributed by atoms with van der Waals surface area (Å²) >= 11 is 0. The molecule has 0 spiro atoms. The van der Waals surface area contributed by atoms with Crippen LogP contribution < -0.4 is 69.7 Å². The summed E-state index contributed by atoms with van der Waals surface area (Å²) in [7, 11) is 0. The van der Waals surface area contributed by atoms with Gasteiger partial charge in [0.1, 0.15) is 0 Å². The fraction of sp³-hybridized carbons (Fsp3) is 0.167. The van der Waals surface area contributed by atoms with Crippen molar-refractivity contribution in [3.8, 4) is 0 Å². The van der Waals surface area contributed by atoms with Crippen molar-refractivity contribution in [3.63, 3.8) is 0 Å². The number of aliphatic carboxylic acids is 1. The number of nitrogens with one attached hydrogen (secondary N) is 2. The van der Waals surface area contributed by atoms with Crippen molar-refractivity contribution in [2.45, 2.75) is 6.42 Å². The molecule has 1 aromatic carbocycles. The molecule has 0 saturated carbocycles. The Kier molecular flexibility index (Phi) is 8.69. The van der Waals surface area contributed by atoms with Gasteiger partial charge in [-0.15, -0.1) is 0 Å². The number of hydroxylamine groups is 1. The predicted octanol–water partition coefficient (Wildman–Crippen LogP) is -6.30. The van der Waals surface area contributed by atoms with Crippen molar-refractivity contribution >= 4 is 22.8 Å². The number of carboxylic acid groups (broad SMARTS) is 1. The first kappa shape index (κ1) is 19.7. The smallest absolute Gasteiger partial charge is 0.759 e. The van der Waals surface area contributed by atoms with Crippen LogP contribution in [-0.4, -0.2) is 16.9 Å². The van der Waals surface area contributed by atoms with Gasteiger partial charge in [0.05, 0.1) is 11.9 Å². The number of carboxylic acids is 1. The number of rotatable bonds is 4. The summed E-state index contributed by atoms with van der Waals surface area (Å²) in [6, 6.07) is 7.29. The van der Waals surface area contributed by atoms with Gasteiger partial charge < -0.3 is 25.6 Å². The van der Waals surface area contributed by atoms with E-state index in [4.69, 9.17) is 0 Å². The summed E-state index contributed by atoms with van der Waals surface area (Å²) in [6.45, 7) is 0. The first-order chi connectivity index (χ1) is 8.63. The van der Waals surface area contributed by atoms with Crippen LogP contribution in [0.5, 0.6) is 0 Å². The Balaban J connectivity index is 0.00000180. The van der Waals surface area contributed by atoms with Crippen LogP contribution in [0.3, 0.4) is 0 Å². The number of amides is 1. The van der Waals surface area contributed by atoms with E-state index in [-0.39, 0.29) is 65.5 Å². The summed E-state index contributed by atoms with van der Waals surface area (Å²) in [6.07, 6.45) is 1.54. The molecule has 0 saturated heterocycles. The molecule has 0 aliphatic rings. The topological polar surface area (TPSA) is 108 Å². The van der Waals surface area contributed by atoms with E-state index in [2.05, 4.69) is 4.98 Å². The molecule has 1 amide bonds. The molecule has 2 rings (SSSR count). The standard InChI is InChI=1S/C12H11N2O4.2Na/c15-11(14-18)9(12(16)17)5-7-6-13-10-4-2-1-3-8(7)10;;/h1-4,6,9,13H,5H2,(H2-,14,15,16,17,18);;/q-1;2*+1/p-1. The van der Waals surface area contributed by atoms with Crippen molar-refractivity contribution in [2.75, 3.05) is 0 Å². The van der Waals surface area contributed by atoms with Gasteiger partial charge in [0.15, 0.2) is 0 Å². The van der Waals surface area contributed by atoms with Gasteiger partial charge in [-0.1, -0.05) is 18.2 Å². The van der Waals surface area contributed by atoms with Crippen molar-refractivity contribution in [2.24, 2.45) is 5.92 Å². The number of fused-ring (bicyclic) bond motifs is 1.